The van der Waals surface area contributed by atoms with E-state index in [2.05, 4.69) is 99.8 Å². The fraction of sp³-hybridized carbons (Fsp3) is 0.721. The summed E-state index contributed by atoms with van der Waals surface area (Å²) in [5, 5.41) is 0. The van der Waals surface area contributed by atoms with Crippen LogP contribution in [0, 0.1) is 0 Å². The Morgan fingerprint density at radius 2 is 0.612 bits per heavy atom. The molecule has 1 unspecified atom stereocenters. The Labute approximate surface area is 414 Å². The lowest BCUT2D eigenvalue weighted by Gasteiger charge is -2.18. The minimum absolute atomic E-state index is 0.102. The lowest BCUT2D eigenvalue weighted by Crippen LogP contribution is -2.30. The van der Waals surface area contributed by atoms with Crippen molar-refractivity contribution in [3.63, 3.8) is 0 Å². The van der Waals surface area contributed by atoms with E-state index in [1.165, 1.54) is 148 Å². The van der Waals surface area contributed by atoms with Crippen LogP contribution in [0.25, 0.3) is 0 Å². The summed E-state index contributed by atoms with van der Waals surface area (Å²) in [6.45, 7) is 6.43. The topological polar surface area (TPSA) is 78.9 Å². The number of ether oxygens (including phenoxy) is 3. The first-order valence-corrected chi connectivity index (χ1v) is 28.1. The van der Waals surface area contributed by atoms with Gasteiger partial charge in [-0.05, 0) is 103 Å². The number of carbonyl (C=O) groups is 3. The van der Waals surface area contributed by atoms with Gasteiger partial charge in [0.15, 0.2) is 6.10 Å². The minimum Gasteiger partial charge on any atom is -0.462 e. The monoisotopic (exact) mass is 933 g/mol. The highest BCUT2D eigenvalue weighted by atomic mass is 16.6. The Morgan fingerprint density at radius 3 is 1.04 bits per heavy atom. The van der Waals surface area contributed by atoms with Crippen molar-refractivity contribution >= 4 is 17.9 Å². The van der Waals surface area contributed by atoms with E-state index in [-0.39, 0.29) is 37.5 Å². The summed E-state index contributed by atoms with van der Waals surface area (Å²) in [6.07, 6.45) is 71.6. The molecule has 384 valence electrons. The molecular formula is C61H104O6. The van der Waals surface area contributed by atoms with E-state index in [4.69, 9.17) is 14.2 Å². The predicted octanol–water partition coefficient (Wildman–Crippen LogP) is 18.8. The first kappa shape index (κ1) is 63.6. The van der Waals surface area contributed by atoms with Gasteiger partial charge in [-0.15, -0.1) is 0 Å². The molecule has 0 aromatic rings. The summed E-state index contributed by atoms with van der Waals surface area (Å²) < 4.78 is 16.8. The summed E-state index contributed by atoms with van der Waals surface area (Å²) in [5.74, 6) is -0.992. The van der Waals surface area contributed by atoms with Gasteiger partial charge in [0.05, 0.1) is 0 Å². The first-order valence-electron chi connectivity index (χ1n) is 28.1. The van der Waals surface area contributed by atoms with Crippen LogP contribution in [0.4, 0.5) is 0 Å². The third-order valence-electron chi connectivity index (χ3n) is 11.9. The average Bonchev–Trinajstić information content (AvgIpc) is 3.33. The maximum absolute atomic E-state index is 12.8. The average molecular weight is 933 g/mol. The highest BCUT2D eigenvalue weighted by Gasteiger charge is 2.19. The molecule has 1 atom stereocenters. The van der Waals surface area contributed by atoms with Gasteiger partial charge >= 0.3 is 17.9 Å². The number of hydrogen-bond acceptors (Lipinski definition) is 6. The van der Waals surface area contributed by atoms with Crippen LogP contribution in [-0.4, -0.2) is 37.2 Å². The molecule has 0 aliphatic carbocycles. The number of rotatable bonds is 50. The fourth-order valence-corrected chi connectivity index (χ4v) is 7.66. The van der Waals surface area contributed by atoms with Gasteiger partial charge in [-0.2, -0.15) is 0 Å². The highest BCUT2D eigenvalue weighted by Crippen LogP contribution is 2.15. The van der Waals surface area contributed by atoms with E-state index in [0.29, 0.717) is 19.3 Å². The second-order valence-corrected chi connectivity index (χ2v) is 18.5. The molecule has 0 aromatic heterocycles. The van der Waals surface area contributed by atoms with Crippen molar-refractivity contribution in [3.8, 4) is 0 Å². The molecule has 0 aliphatic rings. The minimum atomic E-state index is -0.809. The molecule has 6 nitrogen and oxygen atoms in total. The molecule has 67 heavy (non-hydrogen) atoms. The van der Waals surface area contributed by atoms with Gasteiger partial charge in [0.1, 0.15) is 13.2 Å². The summed E-state index contributed by atoms with van der Waals surface area (Å²) in [5.41, 5.74) is 0. The van der Waals surface area contributed by atoms with Gasteiger partial charge in [0.25, 0.3) is 0 Å². The Bertz CT molecular complexity index is 1300. The predicted molar refractivity (Wildman–Crippen MR) is 288 cm³/mol. The van der Waals surface area contributed by atoms with E-state index in [9.17, 15) is 14.4 Å². The van der Waals surface area contributed by atoms with E-state index in [0.717, 1.165) is 70.6 Å². The quantitative estimate of drug-likeness (QED) is 0.0262. The van der Waals surface area contributed by atoms with E-state index in [1.807, 2.05) is 6.08 Å². The van der Waals surface area contributed by atoms with Crippen LogP contribution in [0.5, 0.6) is 0 Å². The lowest BCUT2D eigenvalue weighted by atomic mass is 10.1. The Balaban J connectivity index is 4.43. The van der Waals surface area contributed by atoms with Crippen molar-refractivity contribution < 1.29 is 28.6 Å². The van der Waals surface area contributed by atoms with Gasteiger partial charge in [-0.1, -0.05) is 228 Å². The van der Waals surface area contributed by atoms with Gasteiger partial charge in [-0.3, -0.25) is 14.4 Å². The van der Waals surface area contributed by atoms with Crippen molar-refractivity contribution in [3.05, 3.63) is 85.1 Å². The van der Waals surface area contributed by atoms with Crippen LogP contribution in [0.3, 0.4) is 0 Å². The Kier molecular flexibility index (Phi) is 52.4. The maximum atomic E-state index is 12.8. The summed E-state index contributed by atoms with van der Waals surface area (Å²) in [7, 11) is 0. The summed E-state index contributed by atoms with van der Waals surface area (Å²) in [6, 6.07) is 0. The zero-order chi connectivity index (χ0) is 48.6. The van der Waals surface area contributed by atoms with E-state index < -0.39 is 6.10 Å². The SMILES string of the molecule is CC/C=C\C/C=C\C/C=C\C/C=C\CCC(=O)OCC(COC(=O)CCCCCCCCCCC/C=C\C/C=C\CCCCC)OC(=O)CCCCCCCCC/C=C\CCCCCCCC. The molecular weight excluding hydrogens is 829 g/mol. The summed E-state index contributed by atoms with van der Waals surface area (Å²) in [4.78, 5) is 38.1. The maximum Gasteiger partial charge on any atom is 0.306 e. The van der Waals surface area contributed by atoms with Crippen LogP contribution in [0.1, 0.15) is 265 Å². The second-order valence-electron chi connectivity index (χ2n) is 18.5. The molecule has 0 aliphatic heterocycles. The third-order valence-corrected chi connectivity index (χ3v) is 11.9. The lowest BCUT2D eigenvalue weighted by molar-refractivity contribution is -0.166. The number of carbonyl (C=O) groups excluding carboxylic acids is 3. The molecule has 0 saturated carbocycles. The highest BCUT2D eigenvalue weighted by molar-refractivity contribution is 5.71. The van der Waals surface area contributed by atoms with Crippen LogP contribution < -0.4 is 0 Å². The van der Waals surface area contributed by atoms with Crippen molar-refractivity contribution in [2.45, 2.75) is 271 Å². The van der Waals surface area contributed by atoms with Crippen LogP contribution in [0.15, 0.2) is 85.1 Å². The number of hydrogen-bond donors (Lipinski definition) is 0. The molecule has 0 bridgehead atoms. The van der Waals surface area contributed by atoms with Gasteiger partial charge in [-0.25, -0.2) is 0 Å². The summed E-state index contributed by atoms with van der Waals surface area (Å²) >= 11 is 0. The number of allylic oxidation sites excluding steroid dienone is 14. The Morgan fingerprint density at radius 1 is 0.313 bits per heavy atom. The number of unbranched alkanes of at least 4 members (excludes halogenated alkanes) is 25. The molecule has 0 rings (SSSR count). The number of esters is 3. The third kappa shape index (κ3) is 53.4. The van der Waals surface area contributed by atoms with Crippen molar-refractivity contribution in [1.29, 1.82) is 0 Å². The molecule has 0 heterocycles. The molecule has 0 spiro atoms. The largest absolute Gasteiger partial charge is 0.462 e. The van der Waals surface area contributed by atoms with Gasteiger partial charge in [0, 0.05) is 19.3 Å². The molecule has 0 aromatic carbocycles. The van der Waals surface area contributed by atoms with Gasteiger partial charge < -0.3 is 14.2 Å². The van der Waals surface area contributed by atoms with Gasteiger partial charge in [0.2, 0.25) is 0 Å². The smallest absolute Gasteiger partial charge is 0.306 e. The standard InChI is InChI=1S/C61H104O6/c1-4-7-10-13-16-19-22-25-27-29-30-32-33-36-39-42-45-48-51-54-60(63)66-57-58(56-65-59(62)53-50-47-44-41-38-35-24-21-18-15-12-9-6-3)67-61(64)55-52-49-46-43-40-37-34-31-28-26-23-20-17-14-11-8-5-2/h9,12,16,18-19,21,25-28,35,38,44,47,58H,4-8,10-11,13-15,17,20,22-24,29-34,36-37,39-43,45-46,48-57H2,1-3H3/b12-9-,19-16-,21-18-,27-25-,28-26-,38-35-,47-44-. The van der Waals surface area contributed by atoms with Crippen molar-refractivity contribution in [1.82, 2.24) is 0 Å². The molecule has 6 heteroatoms. The zero-order valence-electron chi connectivity index (χ0n) is 43.9. The van der Waals surface area contributed by atoms with E-state index in [1.54, 1.807) is 0 Å². The van der Waals surface area contributed by atoms with Crippen LogP contribution >= 0.6 is 0 Å². The normalized spacial score (nSPS) is 12.7. The molecule has 0 saturated heterocycles. The molecule has 0 amide bonds. The molecule has 0 fully saturated rings. The van der Waals surface area contributed by atoms with Crippen molar-refractivity contribution in [2.75, 3.05) is 13.2 Å². The van der Waals surface area contributed by atoms with E-state index >= 15 is 0 Å². The molecule has 0 radical (unpaired) electrons. The fourth-order valence-electron chi connectivity index (χ4n) is 7.66. The second kappa shape index (κ2) is 55.2. The molecule has 0 N–H and O–H groups in total. The van der Waals surface area contributed by atoms with Crippen LogP contribution in [-0.2, 0) is 28.6 Å². The Hall–Kier alpha value is -3.41. The zero-order valence-corrected chi connectivity index (χ0v) is 43.9. The first-order chi connectivity index (χ1) is 33.0. The van der Waals surface area contributed by atoms with Crippen molar-refractivity contribution in [2.24, 2.45) is 0 Å². The van der Waals surface area contributed by atoms with Crippen LogP contribution in [0.2, 0.25) is 0 Å².